The van der Waals surface area contributed by atoms with Gasteiger partial charge in [0.05, 0.1) is 12.2 Å². The number of rotatable bonds is 6. The molecular formula is C25H22N6O2. The molecule has 8 heteroatoms. The van der Waals surface area contributed by atoms with Crippen LogP contribution in [-0.4, -0.2) is 29.9 Å². The van der Waals surface area contributed by atoms with Crippen molar-refractivity contribution in [2.45, 2.75) is 20.0 Å². The summed E-state index contributed by atoms with van der Waals surface area (Å²) < 4.78 is 4.32. The molecule has 3 heterocycles. The number of carbonyl (C=O) groups is 1. The Morgan fingerprint density at radius 2 is 1.73 bits per heavy atom. The molecule has 0 radical (unpaired) electrons. The van der Waals surface area contributed by atoms with E-state index in [0.717, 1.165) is 27.1 Å². The van der Waals surface area contributed by atoms with Gasteiger partial charge in [-0.1, -0.05) is 60.2 Å². The molecule has 0 fully saturated rings. The first kappa shape index (κ1) is 20.4. The summed E-state index contributed by atoms with van der Waals surface area (Å²) in [6.07, 6.45) is 1.63. The van der Waals surface area contributed by atoms with Gasteiger partial charge in [0, 0.05) is 17.8 Å². The van der Waals surface area contributed by atoms with E-state index in [0.29, 0.717) is 18.0 Å². The summed E-state index contributed by atoms with van der Waals surface area (Å²) in [6, 6.07) is 25.1. The lowest BCUT2D eigenvalue weighted by atomic mass is 10.1. The van der Waals surface area contributed by atoms with Crippen molar-refractivity contribution in [2.24, 2.45) is 0 Å². The lowest BCUT2D eigenvalue weighted by molar-refractivity contribution is -0.117. The Morgan fingerprint density at radius 3 is 2.52 bits per heavy atom. The molecule has 0 aliphatic heterocycles. The number of amides is 1. The third kappa shape index (κ3) is 4.31. The normalized spacial score (nSPS) is 11.1. The minimum Gasteiger partial charge on any atom is -0.309 e. The number of nitrogens with one attached hydrogen (secondary N) is 1. The molecule has 0 saturated heterocycles. The molecular weight excluding hydrogens is 416 g/mol. The zero-order valence-electron chi connectivity index (χ0n) is 18.0. The van der Waals surface area contributed by atoms with E-state index in [9.17, 15) is 9.59 Å². The van der Waals surface area contributed by atoms with Crippen molar-refractivity contribution in [1.29, 1.82) is 0 Å². The molecule has 0 atom stereocenters. The van der Waals surface area contributed by atoms with Gasteiger partial charge >= 0.3 is 5.69 Å². The molecule has 0 aliphatic rings. The van der Waals surface area contributed by atoms with Gasteiger partial charge < -0.3 is 5.32 Å². The van der Waals surface area contributed by atoms with Crippen LogP contribution in [0.2, 0.25) is 0 Å². The maximum absolute atomic E-state index is 12.9. The SMILES string of the molecule is Cc1cccc(-c2cc(NC(=O)Cn3nc4ccccn4c3=O)n(Cc3ccccc3)n2)c1. The fraction of sp³-hybridized carbons (Fsp3) is 0.120. The Kier molecular flexibility index (Phi) is 5.32. The lowest BCUT2D eigenvalue weighted by Crippen LogP contribution is -2.28. The number of hydrogen-bond donors (Lipinski definition) is 1. The van der Waals surface area contributed by atoms with E-state index in [2.05, 4.69) is 16.5 Å². The van der Waals surface area contributed by atoms with E-state index < -0.39 is 0 Å². The maximum Gasteiger partial charge on any atom is 0.350 e. The molecule has 3 aromatic heterocycles. The number of hydrogen-bond acceptors (Lipinski definition) is 4. The van der Waals surface area contributed by atoms with E-state index in [1.165, 1.54) is 4.40 Å². The van der Waals surface area contributed by atoms with Gasteiger partial charge in [-0.3, -0.25) is 9.20 Å². The van der Waals surface area contributed by atoms with Gasteiger partial charge in [0.15, 0.2) is 5.65 Å². The molecule has 0 aliphatic carbocycles. The van der Waals surface area contributed by atoms with Gasteiger partial charge in [-0.15, -0.1) is 5.10 Å². The summed E-state index contributed by atoms with van der Waals surface area (Å²) in [5.74, 6) is 0.197. The van der Waals surface area contributed by atoms with Crippen molar-refractivity contribution in [3.8, 4) is 11.3 Å². The van der Waals surface area contributed by atoms with Crippen LogP contribution in [0.3, 0.4) is 0 Å². The highest BCUT2D eigenvalue weighted by Crippen LogP contribution is 2.23. The topological polar surface area (TPSA) is 86.2 Å². The third-order valence-corrected chi connectivity index (χ3v) is 5.32. The molecule has 5 rings (SSSR count). The molecule has 0 spiro atoms. The van der Waals surface area contributed by atoms with Gasteiger partial charge in [0.1, 0.15) is 12.4 Å². The molecule has 0 saturated carbocycles. The van der Waals surface area contributed by atoms with Crippen molar-refractivity contribution in [1.82, 2.24) is 24.0 Å². The quantitative estimate of drug-likeness (QED) is 0.441. The van der Waals surface area contributed by atoms with Crippen LogP contribution in [0.15, 0.2) is 89.9 Å². The molecule has 5 aromatic rings. The lowest BCUT2D eigenvalue weighted by Gasteiger charge is -2.09. The summed E-state index contributed by atoms with van der Waals surface area (Å²) in [5, 5.41) is 11.9. The minimum absolute atomic E-state index is 0.198. The summed E-state index contributed by atoms with van der Waals surface area (Å²) >= 11 is 0. The standard InChI is InChI=1S/C25H22N6O2/c1-18-8-7-11-20(14-18)21-15-23(30(27-21)16-19-9-3-2-4-10-19)26-24(32)17-31-25(33)29-13-6-5-12-22(29)28-31/h2-15H,16-17H2,1H3,(H,26,32). The van der Waals surface area contributed by atoms with Gasteiger partial charge in [-0.25, -0.2) is 14.2 Å². The van der Waals surface area contributed by atoms with Crippen LogP contribution in [0.1, 0.15) is 11.1 Å². The van der Waals surface area contributed by atoms with Crippen molar-refractivity contribution in [2.75, 3.05) is 5.32 Å². The van der Waals surface area contributed by atoms with Crippen LogP contribution >= 0.6 is 0 Å². The highest BCUT2D eigenvalue weighted by Gasteiger charge is 2.15. The minimum atomic E-state index is -0.362. The first-order chi connectivity index (χ1) is 16.1. The van der Waals surface area contributed by atoms with Crippen LogP contribution in [0, 0.1) is 6.92 Å². The highest BCUT2D eigenvalue weighted by atomic mass is 16.2. The molecule has 2 aromatic carbocycles. The molecule has 1 amide bonds. The number of benzene rings is 2. The molecule has 1 N–H and O–H groups in total. The van der Waals surface area contributed by atoms with Crippen molar-refractivity contribution >= 4 is 17.4 Å². The average molecular weight is 438 g/mol. The molecule has 164 valence electrons. The fourth-order valence-electron chi connectivity index (χ4n) is 3.73. The molecule has 0 unspecified atom stereocenters. The van der Waals surface area contributed by atoms with Crippen molar-refractivity contribution in [3.05, 3.63) is 107 Å². The van der Waals surface area contributed by atoms with E-state index in [1.54, 1.807) is 29.1 Å². The third-order valence-electron chi connectivity index (χ3n) is 5.32. The number of fused-ring (bicyclic) bond motifs is 1. The number of aromatic nitrogens is 5. The Labute approximate surface area is 189 Å². The second-order valence-electron chi connectivity index (χ2n) is 7.84. The first-order valence-electron chi connectivity index (χ1n) is 10.6. The zero-order valence-corrected chi connectivity index (χ0v) is 18.0. The Bertz CT molecular complexity index is 1500. The van der Waals surface area contributed by atoms with Gasteiger partial charge in [0.25, 0.3) is 0 Å². The highest BCUT2D eigenvalue weighted by molar-refractivity contribution is 5.90. The second-order valence-corrected chi connectivity index (χ2v) is 7.84. The Hall–Kier alpha value is -4.46. The largest absolute Gasteiger partial charge is 0.350 e. The van der Waals surface area contributed by atoms with E-state index in [-0.39, 0.29) is 18.1 Å². The number of carbonyl (C=O) groups excluding carboxylic acids is 1. The smallest absolute Gasteiger partial charge is 0.309 e. The average Bonchev–Trinajstić information content (AvgIpc) is 3.35. The van der Waals surface area contributed by atoms with Gasteiger partial charge in [-0.05, 0) is 30.7 Å². The fourth-order valence-corrected chi connectivity index (χ4v) is 3.73. The summed E-state index contributed by atoms with van der Waals surface area (Å²) in [6.45, 7) is 2.33. The van der Waals surface area contributed by atoms with Gasteiger partial charge in [0.2, 0.25) is 5.91 Å². The number of anilines is 1. The summed E-state index contributed by atoms with van der Waals surface area (Å²) in [4.78, 5) is 25.4. The summed E-state index contributed by atoms with van der Waals surface area (Å²) in [5.41, 5.74) is 4.04. The first-order valence-corrected chi connectivity index (χ1v) is 10.6. The van der Waals surface area contributed by atoms with E-state index >= 15 is 0 Å². The zero-order chi connectivity index (χ0) is 22.8. The predicted octanol–water partition coefficient (Wildman–Crippen LogP) is 3.35. The van der Waals surface area contributed by atoms with Crippen LogP contribution in [-0.2, 0) is 17.9 Å². The van der Waals surface area contributed by atoms with E-state index in [1.807, 2.05) is 61.5 Å². The van der Waals surface area contributed by atoms with Gasteiger partial charge in [-0.2, -0.15) is 5.10 Å². The number of aryl methyl sites for hydroxylation is 1. The number of pyridine rings is 1. The van der Waals surface area contributed by atoms with Crippen molar-refractivity contribution in [3.63, 3.8) is 0 Å². The van der Waals surface area contributed by atoms with Crippen molar-refractivity contribution < 1.29 is 4.79 Å². The van der Waals surface area contributed by atoms with E-state index in [4.69, 9.17) is 5.10 Å². The Morgan fingerprint density at radius 1 is 0.909 bits per heavy atom. The molecule has 8 nitrogen and oxygen atoms in total. The van der Waals surface area contributed by atoms with Crippen LogP contribution in [0.4, 0.5) is 5.82 Å². The van der Waals surface area contributed by atoms with Crippen LogP contribution in [0.25, 0.3) is 16.9 Å². The predicted molar refractivity (Wildman–Crippen MR) is 126 cm³/mol. The maximum atomic E-state index is 12.9. The van der Waals surface area contributed by atoms with Crippen LogP contribution in [0.5, 0.6) is 0 Å². The molecule has 33 heavy (non-hydrogen) atoms. The number of nitrogens with zero attached hydrogens (tertiary/aromatic N) is 5. The summed E-state index contributed by atoms with van der Waals surface area (Å²) in [7, 11) is 0. The molecule has 0 bridgehead atoms. The van der Waals surface area contributed by atoms with Crippen LogP contribution < -0.4 is 11.0 Å². The monoisotopic (exact) mass is 438 g/mol. The second kappa shape index (κ2) is 8.58. The Balaban J connectivity index is 1.44.